The van der Waals surface area contributed by atoms with Gasteiger partial charge in [0, 0.05) is 11.3 Å². The fourth-order valence-corrected chi connectivity index (χ4v) is 3.34. The van der Waals surface area contributed by atoms with Crippen LogP contribution in [0.25, 0.3) is 23.0 Å². The summed E-state index contributed by atoms with van der Waals surface area (Å²) in [5.74, 6) is 1.56. The number of anilines is 2. The normalized spacial score (nSPS) is 12.2. The zero-order valence-corrected chi connectivity index (χ0v) is 17.1. The third-order valence-corrected chi connectivity index (χ3v) is 5.00. The van der Waals surface area contributed by atoms with E-state index in [2.05, 4.69) is 25.8 Å². The van der Waals surface area contributed by atoms with Gasteiger partial charge in [-0.3, -0.25) is 4.79 Å². The molecule has 0 fully saturated rings. The number of nitrogens with one attached hydrogen (secondary N) is 1. The number of benzene rings is 2. The number of fused-ring (bicyclic) bond motifs is 1. The van der Waals surface area contributed by atoms with Crippen LogP contribution < -0.4 is 20.5 Å². The Hall–Kier alpha value is -4.41. The van der Waals surface area contributed by atoms with Gasteiger partial charge in [0.25, 0.3) is 5.89 Å². The molecule has 4 aromatic rings. The second-order valence-electron chi connectivity index (χ2n) is 7.03. The molecule has 162 valence electrons. The highest BCUT2D eigenvalue weighted by Gasteiger charge is 2.22. The summed E-state index contributed by atoms with van der Waals surface area (Å²) in [4.78, 5) is 16.9. The van der Waals surface area contributed by atoms with Gasteiger partial charge < -0.3 is 25.0 Å². The topological polar surface area (TPSA) is 143 Å². The molecule has 1 aliphatic rings. The van der Waals surface area contributed by atoms with Gasteiger partial charge in [-0.1, -0.05) is 35.5 Å². The Kier molecular flexibility index (Phi) is 4.90. The van der Waals surface area contributed by atoms with Gasteiger partial charge in [-0.05, 0) is 36.2 Å². The van der Waals surface area contributed by atoms with E-state index >= 15 is 0 Å². The zero-order valence-electron chi connectivity index (χ0n) is 17.1. The number of hydrogen-bond acceptors (Lipinski definition) is 9. The molecule has 1 aliphatic heterocycles. The van der Waals surface area contributed by atoms with Crippen molar-refractivity contribution in [2.75, 3.05) is 17.8 Å². The summed E-state index contributed by atoms with van der Waals surface area (Å²) in [5.41, 5.74) is 8.82. The zero-order chi connectivity index (χ0) is 22.1. The Morgan fingerprint density at radius 1 is 1.19 bits per heavy atom. The maximum Gasteiger partial charge on any atom is 0.282 e. The second kappa shape index (κ2) is 8.02. The molecule has 2 aromatic heterocycles. The minimum absolute atomic E-state index is 0.0955. The van der Waals surface area contributed by atoms with Gasteiger partial charge in [-0.2, -0.15) is 4.98 Å². The molecule has 3 heterocycles. The Bertz CT molecular complexity index is 1300. The molecule has 2 aromatic carbocycles. The number of nitrogen functional groups attached to an aromatic ring is 1. The number of nitrogens with zero attached hydrogens (tertiary/aromatic N) is 5. The van der Waals surface area contributed by atoms with Gasteiger partial charge in [0.05, 0.1) is 0 Å². The minimum atomic E-state index is -0.277. The van der Waals surface area contributed by atoms with Crippen molar-refractivity contribution in [3.63, 3.8) is 0 Å². The van der Waals surface area contributed by atoms with Crippen molar-refractivity contribution in [2.24, 2.45) is 0 Å². The smallest absolute Gasteiger partial charge is 0.282 e. The van der Waals surface area contributed by atoms with Gasteiger partial charge in [-0.15, -0.1) is 5.10 Å². The molecular formula is C21H19N7O4. The quantitative estimate of drug-likeness (QED) is 0.469. The van der Waals surface area contributed by atoms with E-state index in [1.807, 2.05) is 31.2 Å². The van der Waals surface area contributed by atoms with E-state index in [-0.39, 0.29) is 36.6 Å². The highest BCUT2D eigenvalue weighted by Crippen LogP contribution is 2.35. The maximum absolute atomic E-state index is 12.5. The fourth-order valence-electron chi connectivity index (χ4n) is 3.34. The van der Waals surface area contributed by atoms with Crippen LogP contribution in [0.2, 0.25) is 0 Å². The Balaban J connectivity index is 1.33. The van der Waals surface area contributed by atoms with Gasteiger partial charge in [0.15, 0.2) is 23.0 Å². The van der Waals surface area contributed by atoms with Crippen LogP contribution in [0.15, 0.2) is 47.0 Å². The fraction of sp³-hybridized carbons (Fsp3) is 0.190. The van der Waals surface area contributed by atoms with Crippen LogP contribution in [0.1, 0.15) is 12.5 Å². The summed E-state index contributed by atoms with van der Waals surface area (Å²) in [6.07, 6.45) is 0.801. The van der Waals surface area contributed by atoms with E-state index in [0.717, 1.165) is 17.7 Å². The van der Waals surface area contributed by atoms with Crippen molar-refractivity contribution >= 4 is 17.4 Å². The van der Waals surface area contributed by atoms with Crippen molar-refractivity contribution in [3.8, 4) is 34.5 Å². The number of amides is 1. The first-order valence-corrected chi connectivity index (χ1v) is 9.93. The lowest BCUT2D eigenvalue weighted by Crippen LogP contribution is -2.21. The standard InChI is InChI=1S/C21H19N7O4/c1-2-12-5-3-4-6-14(12)23-17(29)10-28-19(22)18(25-27-28)21-24-20(26-32-21)13-7-8-15-16(9-13)31-11-30-15/h3-9H,2,10-11,22H2,1H3,(H,23,29). The molecule has 0 spiro atoms. The average molecular weight is 433 g/mol. The van der Waals surface area contributed by atoms with Crippen molar-refractivity contribution in [1.29, 1.82) is 0 Å². The van der Waals surface area contributed by atoms with Crippen LogP contribution in [0, 0.1) is 0 Å². The monoisotopic (exact) mass is 433 g/mol. The van der Waals surface area contributed by atoms with Crippen LogP contribution in [0.3, 0.4) is 0 Å². The molecule has 32 heavy (non-hydrogen) atoms. The van der Waals surface area contributed by atoms with E-state index in [9.17, 15) is 4.79 Å². The lowest BCUT2D eigenvalue weighted by molar-refractivity contribution is -0.116. The van der Waals surface area contributed by atoms with Crippen LogP contribution in [-0.4, -0.2) is 37.8 Å². The molecular weight excluding hydrogens is 414 g/mol. The van der Waals surface area contributed by atoms with E-state index in [1.165, 1.54) is 4.68 Å². The van der Waals surface area contributed by atoms with Crippen molar-refractivity contribution < 1.29 is 18.8 Å². The van der Waals surface area contributed by atoms with Crippen LogP contribution in [0.5, 0.6) is 11.5 Å². The van der Waals surface area contributed by atoms with E-state index in [4.69, 9.17) is 19.7 Å². The first kappa shape index (κ1) is 19.5. The molecule has 0 atom stereocenters. The number of carbonyl (C=O) groups is 1. The Labute approximate surface area is 182 Å². The summed E-state index contributed by atoms with van der Waals surface area (Å²) in [5, 5.41) is 14.8. The molecule has 0 saturated carbocycles. The van der Waals surface area contributed by atoms with Gasteiger partial charge >= 0.3 is 0 Å². The van der Waals surface area contributed by atoms with Crippen LogP contribution >= 0.6 is 0 Å². The predicted molar refractivity (Wildman–Crippen MR) is 114 cm³/mol. The van der Waals surface area contributed by atoms with Crippen molar-refractivity contribution in [3.05, 3.63) is 48.0 Å². The number of aromatic nitrogens is 5. The molecule has 0 bridgehead atoms. The molecule has 0 aliphatic carbocycles. The first-order chi connectivity index (χ1) is 15.6. The highest BCUT2D eigenvalue weighted by atomic mass is 16.7. The average Bonchev–Trinajstić information content (AvgIpc) is 3.54. The molecule has 5 rings (SSSR count). The lowest BCUT2D eigenvalue weighted by atomic mass is 10.1. The van der Waals surface area contributed by atoms with Crippen molar-refractivity contribution in [2.45, 2.75) is 19.9 Å². The number of carbonyl (C=O) groups excluding carboxylic acids is 1. The molecule has 0 radical (unpaired) electrons. The van der Waals surface area contributed by atoms with E-state index in [0.29, 0.717) is 22.9 Å². The maximum atomic E-state index is 12.5. The molecule has 3 N–H and O–H groups in total. The van der Waals surface area contributed by atoms with Crippen LogP contribution in [0.4, 0.5) is 11.5 Å². The van der Waals surface area contributed by atoms with E-state index < -0.39 is 0 Å². The first-order valence-electron chi connectivity index (χ1n) is 9.93. The Morgan fingerprint density at radius 3 is 2.91 bits per heavy atom. The summed E-state index contributed by atoms with van der Waals surface area (Å²) in [7, 11) is 0. The second-order valence-corrected chi connectivity index (χ2v) is 7.03. The minimum Gasteiger partial charge on any atom is -0.454 e. The molecule has 11 nitrogen and oxygen atoms in total. The van der Waals surface area contributed by atoms with Crippen molar-refractivity contribution in [1.82, 2.24) is 25.1 Å². The number of aryl methyl sites for hydroxylation is 1. The highest BCUT2D eigenvalue weighted by molar-refractivity contribution is 5.91. The summed E-state index contributed by atoms with van der Waals surface area (Å²) >= 11 is 0. The van der Waals surface area contributed by atoms with E-state index in [1.54, 1.807) is 18.2 Å². The largest absolute Gasteiger partial charge is 0.454 e. The summed E-state index contributed by atoms with van der Waals surface area (Å²) < 4.78 is 17.3. The van der Waals surface area contributed by atoms with Gasteiger partial charge in [0.1, 0.15) is 6.54 Å². The molecule has 11 heteroatoms. The number of rotatable bonds is 6. The van der Waals surface area contributed by atoms with Crippen LogP contribution in [-0.2, 0) is 17.8 Å². The predicted octanol–water partition coefficient (Wildman–Crippen LogP) is 2.51. The van der Waals surface area contributed by atoms with Gasteiger partial charge in [0.2, 0.25) is 18.5 Å². The molecule has 1 amide bonds. The number of hydrogen-bond donors (Lipinski definition) is 2. The molecule has 0 unspecified atom stereocenters. The lowest BCUT2D eigenvalue weighted by Gasteiger charge is -2.09. The number of nitrogens with two attached hydrogens (primary N) is 1. The van der Waals surface area contributed by atoms with Gasteiger partial charge in [-0.25, -0.2) is 4.68 Å². The number of para-hydroxylation sites is 1. The Morgan fingerprint density at radius 2 is 2.03 bits per heavy atom. The molecule has 0 saturated heterocycles. The SMILES string of the molecule is CCc1ccccc1NC(=O)Cn1nnc(-c2nc(-c3ccc4c(c3)OCO4)no2)c1N. The number of ether oxygens (including phenoxy) is 2. The summed E-state index contributed by atoms with van der Waals surface area (Å²) in [6, 6.07) is 12.9. The third-order valence-electron chi connectivity index (χ3n) is 5.00. The summed E-state index contributed by atoms with van der Waals surface area (Å²) in [6.45, 7) is 2.09. The third kappa shape index (κ3) is 3.60.